The lowest BCUT2D eigenvalue weighted by atomic mass is 9.93. The highest BCUT2D eigenvalue weighted by Gasteiger charge is 2.19. The summed E-state index contributed by atoms with van der Waals surface area (Å²) in [6, 6.07) is 0. The quantitative estimate of drug-likeness (QED) is 0.907. The lowest BCUT2D eigenvalue weighted by Crippen LogP contribution is -2.21. The molecule has 2 aromatic heterocycles. The Morgan fingerprint density at radius 3 is 2.50 bits per heavy atom. The Morgan fingerprint density at radius 2 is 2.00 bits per heavy atom. The van der Waals surface area contributed by atoms with Crippen LogP contribution in [0.15, 0.2) is 12.5 Å². The number of nitrogens with zero attached hydrogens (tertiary/aromatic N) is 4. The first kappa shape index (κ1) is 14.8. The fraction of sp³-hybridized carbons (Fsp3) is 0.600. The number of imidazole rings is 1. The normalized spacial score (nSPS) is 13.2. The minimum Gasteiger partial charge on any atom is -0.330 e. The zero-order valence-corrected chi connectivity index (χ0v) is 13.1. The molecule has 0 aliphatic rings. The van der Waals surface area contributed by atoms with Gasteiger partial charge in [0.15, 0.2) is 0 Å². The Balaban J connectivity index is 2.33. The molecule has 0 fully saturated rings. The van der Waals surface area contributed by atoms with Crippen molar-refractivity contribution in [2.75, 3.05) is 6.54 Å². The van der Waals surface area contributed by atoms with E-state index in [0.717, 1.165) is 12.2 Å². The average molecular weight is 275 g/mol. The van der Waals surface area contributed by atoms with Gasteiger partial charge in [0.2, 0.25) is 0 Å². The number of aryl methyl sites for hydroxylation is 2. The van der Waals surface area contributed by atoms with Gasteiger partial charge in [0.25, 0.3) is 0 Å². The van der Waals surface area contributed by atoms with Gasteiger partial charge in [-0.2, -0.15) is 5.10 Å². The van der Waals surface area contributed by atoms with Crippen LogP contribution >= 0.6 is 0 Å². The fourth-order valence-electron chi connectivity index (χ4n) is 2.72. The molecule has 0 aliphatic carbocycles. The summed E-state index contributed by atoms with van der Waals surface area (Å²) in [6.45, 7) is 10.0. The molecule has 0 radical (unpaired) electrons. The molecule has 0 bridgehead atoms. The summed E-state index contributed by atoms with van der Waals surface area (Å²) in [5.74, 6) is 0.848. The van der Waals surface area contributed by atoms with E-state index >= 15 is 0 Å². The molecule has 1 unspecified atom stereocenters. The van der Waals surface area contributed by atoms with Gasteiger partial charge < -0.3 is 10.3 Å². The summed E-state index contributed by atoms with van der Waals surface area (Å²) in [5, 5.41) is 4.48. The van der Waals surface area contributed by atoms with Gasteiger partial charge in [-0.15, -0.1) is 0 Å². The van der Waals surface area contributed by atoms with E-state index in [1.807, 2.05) is 24.3 Å². The van der Waals surface area contributed by atoms with Crippen LogP contribution in [0.3, 0.4) is 0 Å². The van der Waals surface area contributed by atoms with Gasteiger partial charge in [-0.1, -0.05) is 13.8 Å². The Bertz CT molecular complexity index is 579. The zero-order valence-electron chi connectivity index (χ0n) is 13.1. The first-order valence-corrected chi connectivity index (χ1v) is 7.14. The van der Waals surface area contributed by atoms with Gasteiger partial charge in [0.1, 0.15) is 0 Å². The van der Waals surface area contributed by atoms with Gasteiger partial charge in [-0.05, 0) is 19.8 Å². The molecular formula is C15H25N5. The van der Waals surface area contributed by atoms with E-state index in [2.05, 4.69) is 42.3 Å². The van der Waals surface area contributed by atoms with Gasteiger partial charge in [-0.3, -0.25) is 4.68 Å². The van der Waals surface area contributed by atoms with Crippen LogP contribution in [0.2, 0.25) is 0 Å². The second-order valence-electron chi connectivity index (χ2n) is 5.81. The molecule has 0 amide bonds. The monoisotopic (exact) mass is 275 g/mol. The van der Waals surface area contributed by atoms with Crippen molar-refractivity contribution in [3.63, 3.8) is 0 Å². The molecule has 2 aromatic rings. The molecule has 20 heavy (non-hydrogen) atoms. The molecule has 2 heterocycles. The maximum absolute atomic E-state index is 5.93. The van der Waals surface area contributed by atoms with Crippen LogP contribution < -0.4 is 5.73 Å². The molecule has 5 nitrogen and oxygen atoms in total. The third-order valence-electron chi connectivity index (χ3n) is 4.17. The van der Waals surface area contributed by atoms with Crippen molar-refractivity contribution in [3.8, 4) is 0 Å². The van der Waals surface area contributed by atoms with Crippen molar-refractivity contribution in [1.82, 2.24) is 19.3 Å². The number of hydrogen-bond donors (Lipinski definition) is 1. The van der Waals surface area contributed by atoms with E-state index in [1.165, 1.54) is 17.0 Å². The maximum atomic E-state index is 5.93. The standard InChI is InChI=1S/C15H25N5/c1-10(2)13(6-16)15-7-17-9-20(15)8-14-11(3)18-19(5)12(14)4/h7,9-10,13H,6,8,16H2,1-5H3. The van der Waals surface area contributed by atoms with Crippen molar-refractivity contribution >= 4 is 0 Å². The molecule has 0 aromatic carbocycles. The predicted octanol–water partition coefficient (Wildman–Crippen LogP) is 1.98. The summed E-state index contributed by atoms with van der Waals surface area (Å²) in [5.41, 5.74) is 10.7. The third kappa shape index (κ3) is 2.63. The van der Waals surface area contributed by atoms with Crippen LogP contribution in [0.5, 0.6) is 0 Å². The van der Waals surface area contributed by atoms with E-state index in [-0.39, 0.29) is 0 Å². The van der Waals surface area contributed by atoms with Gasteiger partial charge >= 0.3 is 0 Å². The molecule has 2 N–H and O–H groups in total. The predicted molar refractivity (Wildman–Crippen MR) is 80.6 cm³/mol. The zero-order chi connectivity index (χ0) is 14.9. The highest BCUT2D eigenvalue weighted by molar-refractivity contribution is 5.25. The van der Waals surface area contributed by atoms with Crippen LogP contribution in [0.4, 0.5) is 0 Å². The van der Waals surface area contributed by atoms with E-state index in [1.54, 1.807) is 0 Å². The summed E-state index contributed by atoms with van der Waals surface area (Å²) in [4.78, 5) is 4.32. The van der Waals surface area contributed by atoms with E-state index in [0.29, 0.717) is 18.4 Å². The molecule has 2 rings (SSSR count). The highest BCUT2D eigenvalue weighted by Crippen LogP contribution is 2.24. The minimum atomic E-state index is 0.342. The Morgan fingerprint density at radius 1 is 1.30 bits per heavy atom. The number of hydrogen-bond acceptors (Lipinski definition) is 3. The van der Waals surface area contributed by atoms with Gasteiger partial charge in [-0.25, -0.2) is 4.98 Å². The SMILES string of the molecule is Cc1nn(C)c(C)c1Cn1cncc1C(CN)C(C)C. The van der Waals surface area contributed by atoms with E-state index < -0.39 is 0 Å². The van der Waals surface area contributed by atoms with Crippen molar-refractivity contribution in [2.24, 2.45) is 18.7 Å². The molecule has 0 saturated carbocycles. The average Bonchev–Trinajstić information content (AvgIpc) is 2.91. The van der Waals surface area contributed by atoms with Crippen LogP contribution in [-0.4, -0.2) is 25.9 Å². The summed E-state index contributed by atoms with van der Waals surface area (Å²) in [6.07, 6.45) is 3.84. The molecular weight excluding hydrogens is 250 g/mol. The lowest BCUT2D eigenvalue weighted by Gasteiger charge is -2.20. The van der Waals surface area contributed by atoms with Crippen molar-refractivity contribution in [1.29, 1.82) is 0 Å². The second kappa shape index (κ2) is 5.79. The molecule has 0 saturated heterocycles. The Hall–Kier alpha value is -1.62. The van der Waals surface area contributed by atoms with Crippen molar-refractivity contribution in [2.45, 2.75) is 40.2 Å². The van der Waals surface area contributed by atoms with Gasteiger partial charge in [0.05, 0.1) is 18.6 Å². The summed E-state index contributed by atoms with van der Waals surface area (Å²) < 4.78 is 4.14. The highest BCUT2D eigenvalue weighted by atomic mass is 15.3. The maximum Gasteiger partial charge on any atom is 0.0951 e. The van der Waals surface area contributed by atoms with E-state index in [4.69, 9.17) is 5.73 Å². The molecule has 110 valence electrons. The van der Waals surface area contributed by atoms with Crippen molar-refractivity contribution in [3.05, 3.63) is 35.2 Å². The molecule has 1 atom stereocenters. The third-order valence-corrected chi connectivity index (χ3v) is 4.17. The lowest BCUT2D eigenvalue weighted by molar-refractivity contribution is 0.478. The van der Waals surface area contributed by atoms with Crippen LogP contribution in [0.1, 0.15) is 42.4 Å². The van der Waals surface area contributed by atoms with Crippen LogP contribution in [0, 0.1) is 19.8 Å². The minimum absolute atomic E-state index is 0.342. The largest absolute Gasteiger partial charge is 0.330 e. The first-order valence-electron chi connectivity index (χ1n) is 7.14. The smallest absolute Gasteiger partial charge is 0.0951 e. The van der Waals surface area contributed by atoms with E-state index in [9.17, 15) is 0 Å². The molecule has 0 spiro atoms. The van der Waals surface area contributed by atoms with Gasteiger partial charge in [0, 0.05) is 42.7 Å². The Labute approximate surface area is 120 Å². The number of rotatable bonds is 5. The summed E-state index contributed by atoms with van der Waals surface area (Å²) >= 11 is 0. The Kier molecular flexibility index (Phi) is 4.28. The topological polar surface area (TPSA) is 61.7 Å². The van der Waals surface area contributed by atoms with Crippen molar-refractivity contribution < 1.29 is 0 Å². The number of aromatic nitrogens is 4. The molecule has 0 aliphatic heterocycles. The molecule has 5 heteroatoms. The first-order chi connectivity index (χ1) is 9.45. The second-order valence-corrected chi connectivity index (χ2v) is 5.81. The summed E-state index contributed by atoms with van der Waals surface area (Å²) in [7, 11) is 1.98. The van der Waals surface area contributed by atoms with Crippen LogP contribution in [-0.2, 0) is 13.6 Å². The van der Waals surface area contributed by atoms with Crippen LogP contribution in [0.25, 0.3) is 0 Å². The number of nitrogens with two attached hydrogens (primary N) is 1. The fourth-order valence-corrected chi connectivity index (χ4v) is 2.72.